The monoisotopic (exact) mass is 262 g/mol. The van der Waals surface area contributed by atoms with Crippen LogP contribution in [0.25, 0.3) is 11.3 Å². The predicted octanol–water partition coefficient (Wildman–Crippen LogP) is 3.37. The lowest BCUT2D eigenvalue weighted by atomic mass is 10.1. The molecule has 0 N–H and O–H groups in total. The predicted molar refractivity (Wildman–Crippen MR) is 72.3 cm³/mol. The Morgan fingerprint density at radius 1 is 1.28 bits per heavy atom. The first-order chi connectivity index (χ1) is 8.92. The Balaban J connectivity index is 1.42. The zero-order valence-corrected chi connectivity index (χ0v) is 11.3. The molecule has 0 saturated heterocycles. The summed E-state index contributed by atoms with van der Waals surface area (Å²) in [6.45, 7) is 0.981. The van der Waals surface area contributed by atoms with Crippen LogP contribution in [0.15, 0.2) is 17.8 Å². The first-order valence-corrected chi connectivity index (χ1v) is 7.55. The maximum atomic E-state index is 4.18. The van der Waals surface area contributed by atoms with Crippen LogP contribution in [-0.2, 0) is 6.54 Å². The van der Waals surface area contributed by atoms with Gasteiger partial charge in [-0.05, 0) is 23.9 Å². The highest BCUT2D eigenvalue weighted by atomic mass is 32.1. The van der Waals surface area contributed by atoms with Crippen molar-refractivity contribution in [2.45, 2.75) is 45.1 Å². The number of unbranched alkanes of at least 4 members (excludes halogenated alkanes) is 2. The molecule has 2 aromatic rings. The van der Waals surface area contributed by atoms with E-state index >= 15 is 0 Å². The Morgan fingerprint density at radius 2 is 2.22 bits per heavy atom. The van der Waals surface area contributed by atoms with E-state index in [4.69, 9.17) is 0 Å². The van der Waals surface area contributed by atoms with Crippen molar-refractivity contribution in [1.29, 1.82) is 0 Å². The van der Waals surface area contributed by atoms with Crippen LogP contribution in [0, 0.1) is 5.92 Å². The summed E-state index contributed by atoms with van der Waals surface area (Å²) in [6.07, 6.45) is 12.1. The summed E-state index contributed by atoms with van der Waals surface area (Å²) in [5, 5.41) is 10.3. The first kappa shape index (κ1) is 11.8. The van der Waals surface area contributed by atoms with E-state index in [-0.39, 0.29) is 0 Å². The average Bonchev–Trinajstić information content (AvgIpc) is 2.89. The van der Waals surface area contributed by atoms with Gasteiger partial charge < -0.3 is 0 Å². The Bertz CT molecular complexity index is 473. The molecule has 0 aromatic carbocycles. The van der Waals surface area contributed by atoms with Gasteiger partial charge in [0.1, 0.15) is 5.69 Å². The highest BCUT2D eigenvalue weighted by Gasteiger charge is 2.19. The van der Waals surface area contributed by atoms with Crippen LogP contribution in [-0.4, -0.2) is 19.4 Å². The molecule has 18 heavy (non-hydrogen) atoms. The number of hydrogen-bond acceptors (Lipinski definition) is 4. The van der Waals surface area contributed by atoms with Gasteiger partial charge in [-0.1, -0.05) is 37.3 Å². The number of aromatic nitrogens is 4. The fourth-order valence-corrected chi connectivity index (χ4v) is 2.69. The molecular formula is C13H18N4S. The third kappa shape index (κ3) is 3.16. The topological polar surface area (TPSA) is 43.6 Å². The summed E-state index contributed by atoms with van der Waals surface area (Å²) in [4.78, 5) is 0. The molecule has 1 aliphatic rings. The van der Waals surface area contributed by atoms with Gasteiger partial charge in [0.2, 0.25) is 0 Å². The molecule has 2 aromatic heterocycles. The summed E-state index contributed by atoms with van der Waals surface area (Å²) < 4.78 is 6.03. The van der Waals surface area contributed by atoms with Crippen molar-refractivity contribution in [3.05, 3.63) is 17.8 Å². The summed E-state index contributed by atoms with van der Waals surface area (Å²) in [6, 6.07) is 0. The third-order valence-electron chi connectivity index (χ3n) is 3.46. The maximum Gasteiger partial charge on any atom is 0.115 e. The third-order valence-corrected chi connectivity index (χ3v) is 4.05. The number of rotatable bonds is 7. The van der Waals surface area contributed by atoms with Crippen LogP contribution in [0.1, 0.15) is 38.5 Å². The molecule has 96 valence electrons. The summed E-state index contributed by atoms with van der Waals surface area (Å²) >= 11 is 1.45. The lowest BCUT2D eigenvalue weighted by molar-refractivity contribution is 0.514. The quantitative estimate of drug-likeness (QED) is 0.718. The van der Waals surface area contributed by atoms with Crippen LogP contribution in [0.3, 0.4) is 0 Å². The number of nitrogens with zero attached hydrogens (tertiary/aromatic N) is 4. The van der Waals surface area contributed by atoms with Gasteiger partial charge in [-0.3, -0.25) is 4.68 Å². The first-order valence-electron chi connectivity index (χ1n) is 6.72. The fraction of sp³-hybridized carbons (Fsp3) is 0.615. The minimum atomic E-state index is 0.932. The molecule has 0 spiro atoms. The number of hydrogen-bond donors (Lipinski definition) is 0. The molecule has 5 heteroatoms. The molecule has 0 atom stereocenters. The van der Waals surface area contributed by atoms with Crippen molar-refractivity contribution < 1.29 is 0 Å². The summed E-state index contributed by atoms with van der Waals surface area (Å²) in [5.74, 6) is 1.06. The van der Waals surface area contributed by atoms with Gasteiger partial charge in [0.05, 0.1) is 12.4 Å². The van der Waals surface area contributed by atoms with Crippen LogP contribution in [0.5, 0.6) is 0 Å². The van der Waals surface area contributed by atoms with Gasteiger partial charge in [-0.25, -0.2) is 4.37 Å². The van der Waals surface area contributed by atoms with Crippen molar-refractivity contribution in [2.24, 2.45) is 5.92 Å². The SMILES string of the molecule is c1nscc1-c1cn(CCCCCC2CC2)nn1. The minimum absolute atomic E-state index is 0.932. The highest BCUT2D eigenvalue weighted by molar-refractivity contribution is 7.03. The van der Waals surface area contributed by atoms with E-state index < -0.39 is 0 Å². The molecule has 2 heterocycles. The molecule has 0 bridgehead atoms. The van der Waals surface area contributed by atoms with E-state index in [0.29, 0.717) is 0 Å². The molecule has 0 aliphatic heterocycles. The van der Waals surface area contributed by atoms with Gasteiger partial charge in [-0.2, -0.15) is 0 Å². The van der Waals surface area contributed by atoms with E-state index in [1.807, 2.05) is 22.5 Å². The normalized spacial score (nSPS) is 15.1. The van der Waals surface area contributed by atoms with Gasteiger partial charge in [0, 0.05) is 17.5 Å². The Labute approximate surface area is 111 Å². The molecule has 0 radical (unpaired) electrons. The maximum absolute atomic E-state index is 4.18. The zero-order chi connectivity index (χ0) is 12.2. The Hall–Kier alpha value is -1.23. The molecule has 0 unspecified atom stereocenters. The molecule has 0 amide bonds. The molecular weight excluding hydrogens is 244 g/mol. The second-order valence-electron chi connectivity index (χ2n) is 5.07. The van der Waals surface area contributed by atoms with E-state index in [9.17, 15) is 0 Å². The van der Waals surface area contributed by atoms with Crippen molar-refractivity contribution in [1.82, 2.24) is 19.4 Å². The van der Waals surface area contributed by atoms with E-state index in [1.165, 1.54) is 50.1 Å². The largest absolute Gasteiger partial charge is 0.252 e. The van der Waals surface area contributed by atoms with E-state index in [1.54, 1.807) is 0 Å². The molecule has 1 saturated carbocycles. The lowest BCUT2D eigenvalue weighted by Gasteiger charge is -2.00. The average molecular weight is 262 g/mol. The van der Waals surface area contributed by atoms with Crippen LogP contribution < -0.4 is 0 Å². The van der Waals surface area contributed by atoms with Gasteiger partial charge >= 0.3 is 0 Å². The second kappa shape index (κ2) is 5.61. The van der Waals surface area contributed by atoms with Gasteiger partial charge in [0.15, 0.2) is 0 Å². The van der Waals surface area contributed by atoms with Crippen molar-refractivity contribution in [3.63, 3.8) is 0 Å². The molecule has 4 nitrogen and oxygen atoms in total. The van der Waals surface area contributed by atoms with Gasteiger partial charge in [-0.15, -0.1) is 5.10 Å². The zero-order valence-electron chi connectivity index (χ0n) is 10.5. The van der Waals surface area contributed by atoms with Gasteiger partial charge in [0.25, 0.3) is 0 Å². The van der Waals surface area contributed by atoms with Crippen LogP contribution in [0.2, 0.25) is 0 Å². The lowest BCUT2D eigenvalue weighted by Crippen LogP contribution is -1.98. The Morgan fingerprint density at radius 3 is 3.00 bits per heavy atom. The smallest absolute Gasteiger partial charge is 0.115 e. The van der Waals surface area contributed by atoms with E-state index in [0.717, 1.165) is 23.7 Å². The summed E-state index contributed by atoms with van der Waals surface area (Å²) in [7, 11) is 0. The molecule has 3 rings (SSSR count). The second-order valence-corrected chi connectivity index (χ2v) is 5.73. The van der Waals surface area contributed by atoms with E-state index in [2.05, 4.69) is 14.7 Å². The van der Waals surface area contributed by atoms with Crippen molar-refractivity contribution >= 4 is 11.5 Å². The minimum Gasteiger partial charge on any atom is -0.252 e. The Kier molecular flexibility index (Phi) is 3.69. The van der Waals surface area contributed by atoms with Crippen LogP contribution in [0.4, 0.5) is 0 Å². The van der Waals surface area contributed by atoms with Crippen LogP contribution >= 0.6 is 11.5 Å². The standard InChI is InChI=1S/C13H18N4S/c1(2-4-11-5-6-11)3-7-17-9-13(15-16-17)12-8-14-18-10-12/h8-11H,1-7H2. The molecule has 1 fully saturated rings. The van der Waals surface area contributed by atoms with Crippen molar-refractivity contribution in [3.8, 4) is 11.3 Å². The van der Waals surface area contributed by atoms with Crippen molar-refractivity contribution in [2.75, 3.05) is 0 Å². The highest BCUT2D eigenvalue weighted by Crippen LogP contribution is 2.34. The number of aryl methyl sites for hydroxylation is 1. The summed E-state index contributed by atoms with van der Waals surface area (Å²) in [5.41, 5.74) is 2.00. The fourth-order valence-electron chi connectivity index (χ4n) is 2.16. The molecule has 1 aliphatic carbocycles.